The Kier molecular flexibility index (Phi) is 2.70. The summed E-state index contributed by atoms with van der Waals surface area (Å²) in [7, 11) is 1.67. The third-order valence-corrected chi connectivity index (χ3v) is 1.66. The third kappa shape index (κ3) is 1.83. The van der Waals surface area contributed by atoms with Gasteiger partial charge in [-0.2, -0.15) is 5.10 Å². The molecule has 0 aromatic carbocycles. The van der Waals surface area contributed by atoms with Gasteiger partial charge in [-0.25, -0.2) is 9.48 Å². The fraction of sp³-hybridized carbons (Fsp3) is 0.667. The van der Waals surface area contributed by atoms with Crippen LogP contribution in [0.2, 0.25) is 0 Å². The van der Waals surface area contributed by atoms with Crippen LogP contribution in [0.3, 0.4) is 0 Å². The van der Waals surface area contributed by atoms with Crippen molar-refractivity contribution in [3.63, 3.8) is 0 Å². The van der Waals surface area contributed by atoms with Crippen molar-refractivity contribution < 1.29 is 0 Å². The molecule has 0 atom stereocenters. The Labute approximate surface area is 69.4 Å². The Morgan fingerprint density at radius 3 is 2.91 bits per heavy atom. The van der Waals surface area contributed by atoms with E-state index < -0.39 is 0 Å². The first kappa shape index (κ1) is 8.33. The highest BCUT2D eigenvalue weighted by molar-refractivity contribution is 6.17. The van der Waals surface area contributed by atoms with Gasteiger partial charge >= 0.3 is 5.69 Å². The standard InChI is InChI=1S/C6H10ClN3O/c1-9-5-8-10(6(9)11)4-2-3-7/h5H,2-4H2,1H3. The fourth-order valence-corrected chi connectivity index (χ4v) is 0.903. The van der Waals surface area contributed by atoms with Crippen LogP contribution in [-0.2, 0) is 13.6 Å². The van der Waals surface area contributed by atoms with Crippen molar-refractivity contribution >= 4 is 11.6 Å². The largest absolute Gasteiger partial charge is 0.345 e. The molecule has 1 rings (SSSR count). The van der Waals surface area contributed by atoms with E-state index in [1.54, 1.807) is 7.05 Å². The van der Waals surface area contributed by atoms with Crippen LogP contribution < -0.4 is 5.69 Å². The molecule has 1 aromatic rings. The molecule has 0 fully saturated rings. The van der Waals surface area contributed by atoms with E-state index in [1.807, 2.05) is 0 Å². The van der Waals surface area contributed by atoms with E-state index in [2.05, 4.69) is 5.10 Å². The van der Waals surface area contributed by atoms with Crippen LogP contribution in [0.5, 0.6) is 0 Å². The minimum atomic E-state index is -0.0879. The van der Waals surface area contributed by atoms with Crippen LogP contribution in [0, 0.1) is 0 Å². The van der Waals surface area contributed by atoms with Gasteiger partial charge in [0.05, 0.1) is 0 Å². The zero-order valence-corrected chi connectivity index (χ0v) is 7.08. The zero-order chi connectivity index (χ0) is 8.27. The van der Waals surface area contributed by atoms with Gasteiger partial charge < -0.3 is 0 Å². The molecule has 0 radical (unpaired) electrons. The number of hydrogen-bond acceptors (Lipinski definition) is 2. The first-order valence-corrected chi connectivity index (χ1v) is 3.93. The highest BCUT2D eigenvalue weighted by Crippen LogP contribution is 1.86. The maximum atomic E-state index is 11.1. The second kappa shape index (κ2) is 3.57. The molecule has 0 bridgehead atoms. The van der Waals surface area contributed by atoms with Gasteiger partial charge in [0.2, 0.25) is 0 Å². The first-order valence-electron chi connectivity index (χ1n) is 3.40. The lowest BCUT2D eigenvalue weighted by Gasteiger charge is -1.93. The van der Waals surface area contributed by atoms with Gasteiger partial charge in [0.15, 0.2) is 0 Å². The average molecular weight is 176 g/mol. The monoisotopic (exact) mass is 175 g/mol. The maximum Gasteiger partial charge on any atom is 0.345 e. The lowest BCUT2D eigenvalue weighted by molar-refractivity contribution is 0.576. The molecular weight excluding hydrogens is 166 g/mol. The van der Waals surface area contributed by atoms with Crippen LogP contribution >= 0.6 is 11.6 Å². The number of aromatic nitrogens is 3. The smallest absolute Gasteiger partial charge is 0.285 e. The average Bonchev–Trinajstić information content (AvgIpc) is 2.31. The summed E-state index contributed by atoms with van der Waals surface area (Å²) in [5.74, 6) is 0.559. The molecule has 0 unspecified atom stereocenters. The van der Waals surface area contributed by atoms with Crippen LogP contribution in [0.15, 0.2) is 11.1 Å². The van der Waals surface area contributed by atoms with Gasteiger partial charge in [0.25, 0.3) is 0 Å². The summed E-state index contributed by atoms with van der Waals surface area (Å²) in [5.41, 5.74) is -0.0879. The van der Waals surface area contributed by atoms with Gasteiger partial charge in [0.1, 0.15) is 6.33 Å². The molecule has 0 N–H and O–H groups in total. The molecule has 0 spiro atoms. The molecule has 1 heterocycles. The van der Waals surface area contributed by atoms with Gasteiger partial charge in [-0.1, -0.05) is 0 Å². The van der Waals surface area contributed by atoms with Crippen molar-refractivity contribution in [3.8, 4) is 0 Å². The van der Waals surface area contributed by atoms with Crippen molar-refractivity contribution in [1.29, 1.82) is 0 Å². The predicted molar refractivity (Wildman–Crippen MR) is 42.8 cm³/mol. The van der Waals surface area contributed by atoms with E-state index in [4.69, 9.17) is 11.6 Å². The molecule has 0 amide bonds. The second-order valence-corrected chi connectivity index (χ2v) is 2.67. The van der Waals surface area contributed by atoms with Crippen LogP contribution in [0.1, 0.15) is 6.42 Å². The molecule has 0 saturated heterocycles. The van der Waals surface area contributed by atoms with Crippen LogP contribution in [0.4, 0.5) is 0 Å². The Morgan fingerprint density at radius 1 is 1.73 bits per heavy atom. The molecule has 0 aliphatic rings. The molecule has 0 saturated carbocycles. The Bertz CT molecular complexity index is 278. The summed E-state index contributed by atoms with van der Waals surface area (Å²) in [6.07, 6.45) is 2.27. The first-order chi connectivity index (χ1) is 5.25. The Hall–Kier alpha value is -0.770. The Balaban J connectivity index is 2.71. The molecule has 4 nitrogen and oxygen atoms in total. The molecule has 62 valence electrons. The minimum absolute atomic E-state index is 0.0879. The molecular formula is C6H10ClN3O. The summed E-state index contributed by atoms with van der Waals surface area (Å²) in [6, 6.07) is 0. The minimum Gasteiger partial charge on any atom is -0.285 e. The quantitative estimate of drug-likeness (QED) is 0.617. The normalized spacial score (nSPS) is 10.4. The Morgan fingerprint density at radius 2 is 2.45 bits per heavy atom. The highest BCUT2D eigenvalue weighted by atomic mass is 35.5. The molecule has 0 aliphatic heterocycles. The number of nitrogens with zero attached hydrogens (tertiary/aromatic N) is 3. The maximum absolute atomic E-state index is 11.1. The number of hydrogen-bond donors (Lipinski definition) is 0. The van der Waals surface area contributed by atoms with Gasteiger partial charge in [0, 0.05) is 19.5 Å². The zero-order valence-electron chi connectivity index (χ0n) is 6.33. The van der Waals surface area contributed by atoms with E-state index in [1.165, 1.54) is 15.6 Å². The van der Waals surface area contributed by atoms with Crippen molar-refractivity contribution in [2.24, 2.45) is 7.05 Å². The van der Waals surface area contributed by atoms with Gasteiger partial charge in [-0.05, 0) is 6.42 Å². The summed E-state index contributed by atoms with van der Waals surface area (Å²) in [4.78, 5) is 11.1. The van der Waals surface area contributed by atoms with Crippen LogP contribution in [0.25, 0.3) is 0 Å². The third-order valence-electron chi connectivity index (χ3n) is 1.39. The SMILES string of the molecule is Cn1cnn(CCCCl)c1=O. The topological polar surface area (TPSA) is 39.8 Å². The summed E-state index contributed by atoms with van der Waals surface area (Å²) in [5, 5.41) is 3.86. The fourth-order valence-electron chi connectivity index (χ4n) is 0.784. The number of halogens is 1. The van der Waals surface area contributed by atoms with Crippen LogP contribution in [-0.4, -0.2) is 20.2 Å². The second-order valence-electron chi connectivity index (χ2n) is 2.29. The molecule has 11 heavy (non-hydrogen) atoms. The van der Waals surface area contributed by atoms with E-state index >= 15 is 0 Å². The molecule has 5 heteroatoms. The summed E-state index contributed by atoms with van der Waals surface area (Å²) in [6.45, 7) is 0.600. The number of alkyl halides is 1. The number of aryl methyl sites for hydroxylation is 2. The van der Waals surface area contributed by atoms with Gasteiger partial charge in [-0.3, -0.25) is 4.57 Å². The predicted octanol–water partition coefficient (Wildman–Crippen LogP) is 0.211. The van der Waals surface area contributed by atoms with Gasteiger partial charge in [-0.15, -0.1) is 11.6 Å². The highest BCUT2D eigenvalue weighted by Gasteiger charge is 1.98. The molecule has 1 aromatic heterocycles. The molecule has 0 aliphatic carbocycles. The lowest BCUT2D eigenvalue weighted by Crippen LogP contribution is -2.23. The van der Waals surface area contributed by atoms with E-state index in [0.717, 1.165) is 6.42 Å². The lowest BCUT2D eigenvalue weighted by atomic mass is 10.5. The summed E-state index contributed by atoms with van der Waals surface area (Å²) < 4.78 is 2.84. The van der Waals surface area contributed by atoms with Crippen molar-refractivity contribution in [2.45, 2.75) is 13.0 Å². The van der Waals surface area contributed by atoms with Crippen molar-refractivity contribution in [3.05, 3.63) is 16.8 Å². The number of rotatable bonds is 3. The van der Waals surface area contributed by atoms with Crippen molar-refractivity contribution in [1.82, 2.24) is 14.3 Å². The van der Waals surface area contributed by atoms with Crippen molar-refractivity contribution in [2.75, 3.05) is 5.88 Å². The van der Waals surface area contributed by atoms with E-state index in [-0.39, 0.29) is 5.69 Å². The van der Waals surface area contributed by atoms with E-state index in [0.29, 0.717) is 12.4 Å². The van der Waals surface area contributed by atoms with E-state index in [9.17, 15) is 4.79 Å². The summed E-state index contributed by atoms with van der Waals surface area (Å²) >= 11 is 5.46.